The SMILES string of the molecule is N=C(N)C(=O)S. The molecule has 0 unspecified atom stereocenters. The van der Waals surface area contributed by atoms with Gasteiger partial charge in [-0.3, -0.25) is 10.2 Å². The van der Waals surface area contributed by atoms with Gasteiger partial charge in [0.2, 0.25) is 5.12 Å². The van der Waals surface area contributed by atoms with Crippen LogP contribution in [-0.4, -0.2) is 11.0 Å². The molecule has 34 valence electrons. The normalized spacial score (nSPS) is 7.50. The molecule has 3 N–H and O–H groups in total. The van der Waals surface area contributed by atoms with Crippen molar-refractivity contribution in [1.29, 1.82) is 5.41 Å². The lowest BCUT2D eigenvalue weighted by Gasteiger charge is -1.78. The Kier molecular flexibility index (Phi) is 1.66. The molecule has 4 heteroatoms. The number of thiol groups is 1. The molecule has 6 heavy (non-hydrogen) atoms. The Morgan fingerprint density at radius 1 is 1.83 bits per heavy atom. The third-order valence-electron chi connectivity index (χ3n) is 0.230. The summed E-state index contributed by atoms with van der Waals surface area (Å²) >= 11 is 3.20. The van der Waals surface area contributed by atoms with E-state index in [-0.39, 0.29) is 0 Å². The van der Waals surface area contributed by atoms with Crippen molar-refractivity contribution >= 4 is 23.6 Å². The Morgan fingerprint density at radius 3 is 2.00 bits per heavy atom. The fraction of sp³-hybridized carbons (Fsp3) is 0. The van der Waals surface area contributed by atoms with Gasteiger partial charge in [-0.15, -0.1) is 0 Å². The summed E-state index contributed by atoms with van der Waals surface area (Å²) in [6.07, 6.45) is 0. The average molecular weight is 104 g/mol. The number of carbonyl (C=O) groups is 1. The van der Waals surface area contributed by atoms with Gasteiger partial charge in [0.1, 0.15) is 0 Å². The molecule has 0 atom stereocenters. The second-order valence-corrected chi connectivity index (χ2v) is 1.13. The molecule has 0 saturated heterocycles. The van der Waals surface area contributed by atoms with Gasteiger partial charge in [-0.1, -0.05) is 12.6 Å². The first-order valence-corrected chi connectivity index (χ1v) is 1.66. The standard InChI is InChI=1S/C2H4N2OS/c3-1(4)2(5)6/h(H3,3,4)(H,5,6). The van der Waals surface area contributed by atoms with Crippen molar-refractivity contribution in [1.82, 2.24) is 0 Å². The van der Waals surface area contributed by atoms with Crippen molar-refractivity contribution in [3.8, 4) is 0 Å². The zero-order chi connectivity index (χ0) is 5.15. The fourth-order valence-corrected chi connectivity index (χ4v) is 0. The van der Waals surface area contributed by atoms with Crippen molar-refractivity contribution in [2.24, 2.45) is 5.73 Å². The molecule has 3 nitrogen and oxygen atoms in total. The maximum absolute atomic E-state index is 9.66. The molecule has 0 spiro atoms. The van der Waals surface area contributed by atoms with Crippen LogP contribution in [-0.2, 0) is 4.79 Å². The van der Waals surface area contributed by atoms with E-state index in [2.05, 4.69) is 18.4 Å². The van der Waals surface area contributed by atoms with Gasteiger partial charge >= 0.3 is 0 Å². The molecule has 0 aromatic carbocycles. The molecule has 0 aliphatic carbocycles. The first kappa shape index (κ1) is 5.49. The highest BCUT2D eigenvalue weighted by atomic mass is 32.1. The minimum Gasteiger partial charge on any atom is -0.380 e. The van der Waals surface area contributed by atoms with Crippen LogP contribution in [0.25, 0.3) is 0 Å². The van der Waals surface area contributed by atoms with Crippen LogP contribution >= 0.6 is 12.6 Å². The van der Waals surface area contributed by atoms with Crippen LogP contribution in [0.1, 0.15) is 0 Å². The number of hydrogen-bond acceptors (Lipinski definition) is 2. The smallest absolute Gasteiger partial charge is 0.250 e. The topological polar surface area (TPSA) is 66.9 Å². The zero-order valence-corrected chi connectivity index (χ0v) is 3.83. The summed E-state index contributed by atoms with van der Waals surface area (Å²) in [6, 6.07) is 0. The maximum Gasteiger partial charge on any atom is 0.250 e. The van der Waals surface area contributed by atoms with Crippen molar-refractivity contribution in [3.05, 3.63) is 0 Å². The van der Waals surface area contributed by atoms with Gasteiger partial charge < -0.3 is 5.73 Å². The Morgan fingerprint density at radius 2 is 2.00 bits per heavy atom. The molecule has 0 aromatic heterocycles. The number of rotatable bonds is 1. The van der Waals surface area contributed by atoms with E-state index in [4.69, 9.17) is 5.41 Å². The molecule has 0 aliphatic rings. The number of amidine groups is 1. The van der Waals surface area contributed by atoms with Crippen molar-refractivity contribution in [2.75, 3.05) is 0 Å². The van der Waals surface area contributed by atoms with Gasteiger partial charge in [0.25, 0.3) is 0 Å². The van der Waals surface area contributed by atoms with E-state index in [1.54, 1.807) is 0 Å². The fourth-order valence-electron chi connectivity index (χ4n) is 0. The lowest BCUT2D eigenvalue weighted by Crippen LogP contribution is -2.16. The Hall–Kier alpha value is -0.510. The van der Waals surface area contributed by atoms with E-state index in [1.807, 2.05) is 0 Å². The summed E-state index contributed by atoms with van der Waals surface area (Å²) in [5, 5.41) is 5.62. The van der Waals surface area contributed by atoms with Crippen LogP contribution in [0.15, 0.2) is 0 Å². The molecular formula is C2H4N2OS. The van der Waals surface area contributed by atoms with E-state index < -0.39 is 11.0 Å². The molecule has 0 heterocycles. The van der Waals surface area contributed by atoms with E-state index in [1.165, 1.54) is 0 Å². The summed E-state index contributed by atoms with van der Waals surface area (Å²) in [5.74, 6) is -0.515. The van der Waals surface area contributed by atoms with E-state index in [9.17, 15) is 4.79 Å². The minimum absolute atomic E-state index is 0.515. The molecule has 0 aliphatic heterocycles. The van der Waals surface area contributed by atoms with Crippen LogP contribution in [0.2, 0.25) is 0 Å². The molecule has 0 bridgehead atoms. The van der Waals surface area contributed by atoms with Crippen LogP contribution < -0.4 is 5.73 Å². The quantitative estimate of drug-likeness (QED) is 0.236. The summed E-state index contributed by atoms with van der Waals surface area (Å²) in [7, 11) is 0. The van der Waals surface area contributed by atoms with Crippen molar-refractivity contribution in [3.63, 3.8) is 0 Å². The highest BCUT2D eigenvalue weighted by Gasteiger charge is 1.91. The van der Waals surface area contributed by atoms with Gasteiger partial charge in [0, 0.05) is 0 Å². The van der Waals surface area contributed by atoms with Gasteiger partial charge in [-0.2, -0.15) is 0 Å². The summed E-state index contributed by atoms with van der Waals surface area (Å²) in [5.41, 5.74) is 4.59. The molecule has 0 rings (SSSR count). The van der Waals surface area contributed by atoms with Crippen LogP contribution in [0.3, 0.4) is 0 Å². The summed E-state index contributed by atoms with van der Waals surface area (Å²) < 4.78 is 0. The second kappa shape index (κ2) is 1.81. The summed E-state index contributed by atoms with van der Waals surface area (Å²) in [6.45, 7) is 0. The monoisotopic (exact) mass is 104 g/mol. The minimum atomic E-state index is -0.685. The molecule has 0 radical (unpaired) electrons. The Labute approximate surface area is 40.4 Å². The van der Waals surface area contributed by atoms with Crippen LogP contribution in [0, 0.1) is 5.41 Å². The lowest BCUT2D eigenvalue weighted by atomic mass is 10.7. The van der Waals surface area contributed by atoms with Gasteiger partial charge in [-0.25, -0.2) is 0 Å². The maximum atomic E-state index is 9.66. The van der Waals surface area contributed by atoms with Crippen LogP contribution in [0.4, 0.5) is 0 Å². The predicted octanol–water partition coefficient (Wildman–Crippen LogP) is -0.621. The number of carbonyl (C=O) groups excluding carboxylic acids is 1. The van der Waals surface area contributed by atoms with Gasteiger partial charge in [-0.05, 0) is 0 Å². The van der Waals surface area contributed by atoms with Gasteiger partial charge in [0.05, 0.1) is 0 Å². The highest BCUT2D eigenvalue weighted by Crippen LogP contribution is 1.71. The first-order chi connectivity index (χ1) is 2.64. The first-order valence-electron chi connectivity index (χ1n) is 1.22. The number of nitrogens with one attached hydrogen (secondary N) is 1. The second-order valence-electron chi connectivity index (χ2n) is 0.719. The van der Waals surface area contributed by atoms with E-state index >= 15 is 0 Å². The third kappa shape index (κ3) is 1.78. The van der Waals surface area contributed by atoms with E-state index in [0.717, 1.165) is 0 Å². The molecular weight excluding hydrogens is 100 g/mol. The lowest BCUT2D eigenvalue weighted by molar-refractivity contribution is -0.105. The predicted molar refractivity (Wildman–Crippen MR) is 25.9 cm³/mol. The van der Waals surface area contributed by atoms with Gasteiger partial charge in [0.15, 0.2) is 5.84 Å². The van der Waals surface area contributed by atoms with Crippen LogP contribution in [0.5, 0.6) is 0 Å². The summed E-state index contributed by atoms with van der Waals surface area (Å²) in [4.78, 5) is 9.66. The molecule has 0 saturated carbocycles. The highest BCUT2D eigenvalue weighted by molar-refractivity contribution is 7.98. The van der Waals surface area contributed by atoms with Crippen molar-refractivity contribution in [2.45, 2.75) is 0 Å². The zero-order valence-electron chi connectivity index (χ0n) is 2.93. The van der Waals surface area contributed by atoms with Crippen molar-refractivity contribution < 1.29 is 4.79 Å². The molecule has 0 amide bonds. The molecule has 0 fully saturated rings. The average Bonchev–Trinajstić information content (AvgIpc) is 1.36. The third-order valence-corrected chi connectivity index (χ3v) is 0.471. The largest absolute Gasteiger partial charge is 0.380 e. The Balaban J connectivity index is 3.57. The molecule has 0 aromatic rings. The number of hydrogen-bond donors (Lipinski definition) is 3. The number of nitrogens with two attached hydrogens (primary N) is 1. The Bertz CT molecular complexity index is 77.5. The van der Waals surface area contributed by atoms with E-state index in [0.29, 0.717) is 0 Å².